The van der Waals surface area contributed by atoms with Crippen LogP contribution in [0.5, 0.6) is 5.75 Å². The third-order valence-electron chi connectivity index (χ3n) is 6.10. The van der Waals surface area contributed by atoms with Crippen LogP contribution in [0.1, 0.15) is 25.3 Å². The van der Waals surface area contributed by atoms with Gasteiger partial charge in [-0.05, 0) is 61.7 Å². The minimum Gasteiger partial charge on any atom is -0.507 e. The predicted octanol–water partition coefficient (Wildman–Crippen LogP) is 5.16. The van der Waals surface area contributed by atoms with Crippen molar-refractivity contribution in [2.45, 2.75) is 26.3 Å². The van der Waals surface area contributed by atoms with Gasteiger partial charge in [0.05, 0.1) is 11.1 Å². The number of likely N-dealkylation sites (tertiary alicyclic amines) is 1. The highest BCUT2D eigenvalue weighted by molar-refractivity contribution is 6.31. The summed E-state index contributed by atoms with van der Waals surface area (Å²) in [6.07, 6.45) is 2.27. The van der Waals surface area contributed by atoms with Gasteiger partial charge in [0.1, 0.15) is 16.9 Å². The van der Waals surface area contributed by atoms with Crippen LogP contribution in [-0.4, -0.2) is 23.1 Å². The molecule has 32 heavy (non-hydrogen) atoms. The summed E-state index contributed by atoms with van der Waals surface area (Å²) in [6, 6.07) is 11.2. The fourth-order valence-corrected chi connectivity index (χ4v) is 4.76. The molecule has 0 unspecified atom stereocenters. The van der Waals surface area contributed by atoms with Crippen molar-refractivity contribution in [3.8, 4) is 16.9 Å². The lowest BCUT2D eigenvalue weighted by Gasteiger charge is -2.31. The number of hydrogen-bond acceptors (Lipinski definition) is 6. The molecule has 0 saturated carbocycles. The highest BCUT2D eigenvalue weighted by Crippen LogP contribution is 2.34. The van der Waals surface area contributed by atoms with Crippen molar-refractivity contribution >= 4 is 33.5 Å². The van der Waals surface area contributed by atoms with Crippen LogP contribution in [0.2, 0.25) is 5.02 Å². The lowest BCUT2D eigenvalue weighted by Crippen LogP contribution is -2.33. The first-order valence-corrected chi connectivity index (χ1v) is 11.0. The number of aromatic hydroxyl groups is 1. The van der Waals surface area contributed by atoms with Crippen LogP contribution in [0.4, 0.5) is 0 Å². The second-order valence-corrected chi connectivity index (χ2v) is 8.97. The molecule has 2 aromatic heterocycles. The van der Waals surface area contributed by atoms with Crippen molar-refractivity contribution in [1.82, 2.24) is 4.90 Å². The zero-order valence-electron chi connectivity index (χ0n) is 17.6. The molecule has 0 radical (unpaired) electrons. The van der Waals surface area contributed by atoms with Crippen LogP contribution in [0.15, 0.2) is 60.9 Å². The van der Waals surface area contributed by atoms with E-state index >= 15 is 0 Å². The van der Waals surface area contributed by atoms with Gasteiger partial charge in [0.15, 0.2) is 0 Å². The highest BCUT2D eigenvalue weighted by Gasteiger charge is 2.22. The Bertz CT molecular complexity index is 1450. The molecule has 0 bridgehead atoms. The summed E-state index contributed by atoms with van der Waals surface area (Å²) in [5.41, 5.74) is 0.720. The third kappa shape index (κ3) is 3.80. The van der Waals surface area contributed by atoms with Crippen LogP contribution in [0, 0.1) is 5.92 Å². The maximum Gasteiger partial charge on any atom is 0.344 e. The first kappa shape index (κ1) is 20.8. The predicted molar refractivity (Wildman–Crippen MR) is 124 cm³/mol. The molecule has 0 amide bonds. The molecule has 3 heterocycles. The molecule has 1 aliphatic rings. The molecule has 164 valence electrons. The van der Waals surface area contributed by atoms with E-state index in [-0.39, 0.29) is 16.9 Å². The second kappa shape index (κ2) is 8.11. The van der Waals surface area contributed by atoms with Crippen molar-refractivity contribution in [1.29, 1.82) is 0 Å². The Morgan fingerprint density at radius 3 is 2.75 bits per heavy atom. The summed E-state index contributed by atoms with van der Waals surface area (Å²) in [5.74, 6) is 0.630. The molecule has 1 atom stereocenters. The quantitative estimate of drug-likeness (QED) is 0.433. The van der Waals surface area contributed by atoms with E-state index in [9.17, 15) is 14.7 Å². The lowest BCUT2D eigenvalue weighted by atomic mass is 9.97. The van der Waals surface area contributed by atoms with Crippen LogP contribution < -0.4 is 11.3 Å². The molecule has 6 nitrogen and oxygen atoms in total. The Kier molecular flexibility index (Phi) is 5.27. The van der Waals surface area contributed by atoms with Crippen molar-refractivity contribution in [2.75, 3.05) is 13.1 Å². The number of halogens is 1. The molecule has 1 fully saturated rings. The zero-order chi connectivity index (χ0) is 22.4. The van der Waals surface area contributed by atoms with Gasteiger partial charge in [0.2, 0.25) is 0 Å². The van der Waals surface area contributed by atoms with Crippen LogP contribution in [0.25, 0.3) is 33.1 Å². The summed E-state index contributed by atoms with van der Waals surface area (Å²) in [7, 11) is 0. The molecule has 5 rings (SSSR count). The van der Waals surface area contributed by atoms with Gasteiger partial charge in [-0.3, -0.25) is 4.90 Å². The summed E-state index contributed by atoms with van der Waals surface area (Å²) in [5, 5.41) is 12.3. The van der Waals surface area contributed by atoms with E-state index in [1.165, 1.54) is 12.5 Å². The van der Waals surface area contributed by atoms with Crippen molar-refractivity contribution in [3.63, 3.8) is 0 Å². The van der Waals surface area contributed by atoms with E-state index in [0.29, 0.717) is 45.0 Å². The molecule has 7 heteroatoms. The third-order valence-corrected chi connectivity index (χ3v) is 6.33. The molecular weight excluding hydrogens is 430 g/mol. The average Bonchev–Trinajstić information content (AvgIpc) is 2.75. The van der Waals surface area contributed by atoms with Gasteiger partial charge < -0.3 is 13.9 Å². The largest absolute Gasteiger partial charge is 0.507 e. The van der Waals surface area contributed by atoms with Crippen molar-refractivity contribution in [3.05, 3.63) is 73.9 Å². The Morgan fingerprint density at radius 1 is 1.09 bits per heavy atom. The first-order chi connectivity index (χ1) is 15.4. The van der Waals surface area contributed by atoms with Gasteiger partial charge in [0, 0.05) is 40.5 Å². The Hall–Kier alpha value is -3.09. The van der Waals surface area contributed by atoms with E-state index in [1.54, 1.807) is 36.4 Å². The molecule has 1 saturated heterocycles. The molecule has 0 aliphatic carbocycles. The fourth-order valence-electron chi connectivity index (χ4n) is 4.58. The molecule has 2 aromatic carbocycles. The second-order valence-electron chi connectivity index (χ2n) is 8.53. The topological polar surface area (TPSA) is 83.9 Å². The zero-order valence-corrected chi connectivity index (χ0v) is 18.3. The Morgan fingerprint density at radius 2 is 1.94 bits per heavy atom. The minimum absolute atomic E-state index is 0.0633. The number of fused-ring (bicyclic) bond motifs is 2. The van der Waals surface area contributed by atoms with Gasteiger partial charge >= 0.3 is 11.3 Å². The summed E-state index contributed by atoms with van der Waals surface area (Å²) < 4.78 is 11.0. The number of hydrogen-bond donors (Lipinski definition) is 1. The van der Waals surface area contributed by atoms with Crippen LogP contribution >= 0.6 is 11.6 Å². The number of piperidine rings is 1. The van der Waals surface area contributed by atoms with Crippen molar-refractivity contribution in [2.24, 2.45) is 5.92 Å². The number of phenols is 1. The monoisotopic (exact) mass is 451 g/mol. The molecule has 1 N–H and O–H groups in total. The van der Waals surface area contributed by atoms with Gasteiger partial charge in [-0.15, -0.1) is 0 Å². The van der Waals surface area contributed by atoms with Crippen molar-refractivity contribution < 1.29 is 13.9 Å². The fraction of sp³-hybridized carbons (Fsp3) is 0.280. The number of phenolic OH excluding ortho intramolecular Hbond substituents is 1. The molecular formula is C25H22ClNO5. The van der Waals surface area contributed by atoms with E-state index < -0.39 is 11.3 Å². The van der Waals surface area contributed by atoms with E-state index in [0.717, 1.165) is 19.5 Å². The Labute approximate surface area is 188 Å². The van der Waals surface area contributed by atoms with Gasteiger partial charge in [-0.1, -0.05) is 18.5 Å². The van der Waals surface area contributed by atoms with Gasteiger partial charge in [-0.25, -0.2) is 9.59 Å². The lowest BCUT2D eigenvalue weighted by molar-refractivity contribution is 0.175. The standard InChI is InChI=1S/C25H22ClNO5/c1-14-3-2-8-27(12-14)13-20-21(28)6-5-17-18(11-23(29)32-24(17)20)19-10-15-9-16(26)4-7-22(15)31-25(19)30/h4-7,9-11,14,28H,2-3,8,12-13H2,1H3/t14-/m0/s1. The SMILES string of the molecule is C[C@H]1CCCN(Cc2c(O)ccc3c(-c4cc5cc(Cl)ccc5oc4=O)cc(=O)oc23)C1. The normalized spacial score (nSPS) is 17.2. The number of benzene rings is 2. The molecule has 4 aromatic rings. The minimum atomic E-state index is -0.600. The molecule has 1 aliphatic heterocycles. The van der Waals surface area contributed by atoms with E-state index in [2.05, 4.69) is 11.8 Å². The summed E-state index contributed by atoms with van der Waals surface area (Å²) in [4.78, 5) is 27.5. The van der Waals surface area contributed by atoms with Gasteiger partial charge in [-0.2, -0.15) is 0 Å². The summed E-state index contributed by atoms with van der Waals surface area (Å²) in [6.45, 7) is 4.49. The van der Waals surface area contributed by atoms with E-state index in [4.69, 9.17) is 20.4 Å². The first-order valence-electron chi connectivity index (χ1n) is 10.6. The number of nitrogens with zero attached hydrogens (tertiary/aromatic N) is 1. The molecule has 0 spiro atoms. The van der Waals surface area contributed by atoms with E-state index in [1.807, 2.05) is 0 Å². The van der Waals surface area contributed by atoms with Crippen LogP contribution in [-0.2, 0) is 6.54 Å². The maximum absolute atomic E-state index is 12.8. The highest BCUT2D eigenvalue weighted by atomic mass is 35.5. The maximum atomic E-state index is 12.8. The Balaban J connectivity index is 1.70. The van der Waals surface area contributed by atoms with Crippen LogP contribution in [0.3, 0.4) is 0 Å². The number of rotatable bonds is 3. The van der Waals surface area contributed by atoms with Gasteiger partial charge in [0.25, 0.3) is 0 Å². The smallest absolute Gasteiger partial charge is 0.344 e. The average molecular weight is 452 g/mol. The summed E-state index contributed by atoms with van der Waals surface area (Å²) >= 11 is 6.10.